The van der Waals surface area contributed by atoms with Gasteiger partial charge in [-0.3, -0.25) is 9.36 Å². The number of piperazine rings is 1. The molecule has 0 radical (unpaired) electrons. The van der Waals surface area contributed by atoms with Gasteiger partial charge in [0.2, 0.25) is 0 Å². The van der Waals surface area contributed by atoms with Gasteiger partial charge >= 0.3 is 5.69 Å². The Bertz CT molecular complexity index is 454. The van der Waals surface area contributed by atoms with Crippen LogP contribution in [0.5, 0.6) is 0 Å². The molecule has 6 heteroatoms. The minimum Gasteiger partial charge on any atom is -0.335 e. The molecule has 1 aliphatic rings. The number of carbonyl (C=O) groups is 1. The van der Waals surface area contributed by atoms with Gasteiger partial charge in [0.05, 0.1) is 0 Å². The molecule has 0 unspecified atom stereocenters. The maximum atomic E-state index is 12.1. The van der Waals surface area contributed by atoms with Gasteiger partial charge in [0, 0.05) is 46.5 Å². The summed E-state index contributed by atoms with van der Waals surface area (Å²) in [5.41, 5.74) is 0.285. The summed E-state index contributed by atoms with van der Waals surface area (Å²) in [4.78, 5) is 25.4. The fourth-order valence-corrected chi connectivity index (χ4v) is 1.89. The van der Waals surface area contributed by atoms with Crippen molar-refractivity contribution >= 4 is 5.91 Å². The second kappa shape index (κ2) is 4.13. The van der Waals surface area contributed by atoms with Crippen molar-refractivity contribution in [2.45, 2.75) is 0 Å². The minimum atomic E-state index is -0.168. The van der Waals surface area contributed by atoms with Crippen molar-refractivity contribution in [3.8, 4) is 0 Å². The highest BCUT2D eigenvalue weighted by Gasteiger charge is 2.21. The molecule has 1 aromatic rings. The van der Waals surface area contributed by atoms with Crippen LogP contribution in [0.2, 0.25) is 0 Å². The Morgan fingerprint density at radius 2 is 1.94 bits per heavy atom. The summed E-state index contributed by atoms with van der Waals surface area (Å²) < 4.78 is 2.82. The summed E-state index contributed by atoms with van der Waals surface area (Å²) in [6.07, 6.45) is 1.59. The van der Waals surface area contributed by atoms with E-state index in [4.69, 9.17) is 0 Å². The van der Waals surface area contributed by atoms with Gasteiger partial charge < -0.3 is 14.8 Å². The molecule has 1 N–H and O–H groups in total. The average Bonchev–Trinajstić information content (AvgIpc) is 2.57. The lowest BCUT2D eigenvalue weighted by molar-refractivity contribution is 0.0725. The van der Waals surface area contributed by atoms with Gasteiger partial charge in [-0.05, 0) is 0 Å². The molecule has 1 amide bonds. The van der Waals surface area contributed by atoms with E-state index in [1.165, 1.54) is 9.13 Å². The first kappa shape index (κ1) is 10.9. The molecule has 88 valence electrons. The zero-order valence-corrected chi connectivity index (χ0v) is 9.56. The molecular weight excluding hydrogens is 208 g/mol. The predicted molar refractivity (Wildman–Crippen MR) is 59.4 cm³/mol. The lowest BCUT2D eigenvalue weighted by atomic mass is 10.3. The quantitative estimate of drug-likeness (QED) is 0.650. The normalized spacial score (nSPS) is 16.5. The number of aromatic nitrogens is 2. The van der Waals surface area contributed by atoms with Crippen LogP contribution in [0.25, 0.3) is 0 Å². The number of nitrogens with one attached hydrogen (secondary N) is 1. The Morgan fingerprint density at radius 3 is 2.44 bits per heavy atom. The van der Waals surface area contributed by atoms with Gasteiger partial charge in [-0.25, -0.2) is 4.79 Å². The lowest BCUT2D eigenvalue weighted by Crippen LogP contribution is -2.47. The molecule has 0 aromatic carbocycles. The van der Waals surface area contributed by atoms with Crippen LogP contribution < -0.4 is 11.0 Å². The molecular formula is C10H16N4O2. The van der Waals surface area contributed by atoms with Gasteiger partial charge in [0.25, 0.3) is 5.91 Å². The lowest BCUT2D eigenvalue weighted by Gasteiger charge is -2.27. The summed E-state index contributed by atoms with van der Waals surface area (Å²) in [6, 6.07) is 0. The number of nitrogens with zero attached hydrogens (tertiary/aromatic N) is 3. The average molecular weight is 224 g/mol. The van der Waals surface area contributed by atoms with Gasteiger partial charge in [0.15, 0.2) is 0 Å². The van der Waals surface area contributed by atoms with Crippen molar-refractivity contribution in [2.24, 2.45) is 14.1 Å². The van der Waals surface area contributed by atoms with Crippen LogP contribution >= 0.6 is 0 Å². The van der Waals surface area contributed by atoms with E-state index in [0.717, 1.165) is 13.1 Å². The van der Waals surface area contributed by atoms with Crippen LogP contribution in [-0.4, -0.2) is 46.1 Å². The molecule has 16 heavy (non-hydrogen) atoms. The monoisotopic (exact) mass is 224 g/mol. The van der Waals surface area contributed by atoms with Crippen molar-refractivity contribution in [1.29, 1.82) is 0 Å². The van der Waals surface area contributed by atoms with Crippen molar-refractivity contribution < 1.29 is 4.79 Å². The molecule has 1 saturated heterocycles. The fraction of sp³-hybridized carbons (Fsp3) is 0.600. The molecule has 0 aliphatic carbocycles. The molecule has 1 aliphatic heterocycles. The summed E-state index contributed by atoms with van der Waals surface area (Å²) in [7, 11) is 3.27. The van der Waals surface area contributed by atoms with E-state index >= 15 is 0 Å². The molecule has 1 fully saturated rings. The molecule has 0 spiro atoms. The minimum absolute atomic E-state index is 0.0679. The Hall–Kier alpha value is -1.56. The van der Waals surface area contributed by atoms with Crippen molar-refractivity contribution in [2.75, 3.05) is 26.2 Å². The van der Waals surface area contributed by atoms with Crippen LogP contribution in [0.15, 0.2) is 11.0 Å². The van der Waals surface area contributed by atoms with Crippen LogP contribution in [0.1, 0.15) is 10.5 Å². The molecule has 2 heterocycles. The van der Waals surface area contributed by atoms with E-state index in [2.05, 4.69) is 5.32 Å². The Labute approximate surface area is 93.5 Å². The van der Waals surface area contributed by atoms with Crippen LogP contribution in [0.4, 0.5) is 0 Å². The maximum Gasteiger partial charge on any atom is 0.328 e. The Kier molecular flexibility index (Phi) is 2.82. The highest BCUT2D eigenvalue weighted by molar-refractivity contribution is 5.92. The largest absolute Gasteiger partial charge is 0.335 e. The van der Waals surface area contributed by atoms with E-state index in [1.54, 1.807) is 25.2 Å². The first-order valence-electron chi connectivity index (χ1n) is 5.33. The molecule has 0 atom stereocenters. The van der Waals surface area contributed by atoms with E-state index in [0.29, 0.717) is 18.8 Å². The summed E-state index contributed by atoms with van der Waals surface area (Å²) >= 11 is 0. The van der Waals surface area contributed by atoms with Crippen molar-refractivity contribution in [3.05, 3.63) is 22.4 Å². The SMILES string of the molecule is Cn1cc(C(=O)N2CCNCC2)n(C)c1=O. The fourth-order valence-electron chi connectivity index (χ4n) is 1.89. The zero-order valence-electron chi connectivity index (χ0n) is 9.56. The Morgan fingerprint density at radius 1 is 1.31 bits per heavy atom. The molecule has 0 bridgehead atoms. The second-order valence-electron chi connectivity index (χ2n) is 4.01. The zero-order chi connectivity index (χ0) is 11.7. The van der Waals surface area contributed by atoms with Gasteiger partial charge in [-0.15, -0.1) is 0 Å². The van der Waals surface area contributed by atoms with Crippen LogP contribution in [0.3, 0.4) is 0 Å². The molecule has 0 saturated carbocycles. The van der Waals surface area contributed by atoms with Gasteiger partial charge in [-0.2, -0.15) is 0 Å². The summed E-state index contributed by atoms with van der Waals surface area (Å²) in [5.74, 6) is -0.0679. The number of hydrogen-bond acceptors (Lipinski definition) is 3. The van der Waals surface area contributed by atoms with Crippen LogP contribution in [-0.2, 0) is 14.1 Å². The van der Waals surface area contributed by atoms with E-state index in [-0.39, 0.29) is 11.6 Å². The second-order valence-corrected chi connectivity index (χ2v) is 4.01. The molecule has 2 rings (SSSR count). The Balaban J connectivity index is 2.26. The third kappa shape index (κ3) is 1.76. The van der Waals surface area contributed by atoms with E-state index in [9.17, 15) is 9.59 Å². The van der Waals surface area contributed by atoms with Crippen LogP contribution in [0, 0.1) is 0 Å². The first-order valence-corrected chi connectivity index (χ1v) is 5.33. The number of amides is 1. The van der Waals surface area contributed by atoms with E-state index in [1.807, 2.05) is 0 Å². The van der Waals surface area contributed by atoms with Crippen molar-refractivity contribution in [3.63, 3.8) is 0 Å². The highest BCUT2D eigenvalue weighted by Crippen LogP contribution is 2.03. The maximum absolute atomic E-state index is 12.1. The number of hydrogen-bond donors (Lipinski definition) is 1. The summed E-state index contributed by atoms with van der Waals surface area (Å²) in [5, 5.41) is 3.18. The first-order chi connectivity index (χ1) is 7.61. The third-order valence-corrected chi connectivity index (χ3v) is 2.89. The number of aryl methyl sites for hydroxylation is 1. The van der Waals surface area contributed by atoms with E-state index < -0.39 is 0 Å². The number of rotatable bonds is 1. The van der Waals surface area contributed by atoms with Gasteiger partial charge in [0.1, 0.15) is 5.69 Å². The standard InChI is InChI=1S/C10H16N4O2/c1-12-7-8(13(2)10(12)16)9(15)14-5-3-11-4-6-14/h7,11H,3-6H2,1-2H3. The number of imidazole rings is 1. The molecule has 1 aromatic heterocycles. The van der Waals surface area contributed by atoms with Gasteiger partial charge in [-0.1, -0.05) is 0 Å². The highest BCUT2D eigenvalue weighted by atomic mass is 16.2. The molecule has 6 nitrogen and oxygen atoms in total. The van der Waals surface area contributed by atoms with Crippen molar-refractivity contribution in [1.82, 2.24) is 19.4 Å². The predicted octanol–water partition coefficient (Wildman–Crippen LogP) is -1.23. The smallest absolute Gasteiger partial charge is 0.328 e. The number of carbonyl (C=O) groups excluding carboxylic acids is 1. The third-order valence-electron chi connectivity index (χ3n) is 2.89. The topological polar surface area (TPSA) is 59.3 Å². The summed E-state index contributed by atoms with van der Waals surface area (Å²) in [6.45, 7) is 3.02.